The molecule has 1 aliphatic rings. The van der Waals surface area contributed by atoms with E-state index in [1.165, 1.54) is 0 Å². The Labute approximate surface area is 82.9 Å². The largest absolute Gasteiger partial charge is 0.444 e. The van der Waals surface area contributed by atoms with Crippen molar-refractivity contribution in [2.75, 3.05) is 20.1 Å². The number of rotatable bonds is 1. The lowest BCUT2D eigenvalue weighted by Crippen LogP contribution is -2.35. The number of guanidine groups is 1. The fraction of sp³-hybridized carbons (Fsp3) is 0.750. The van der Waals surface area contributed by atoms with E-state index in [1.807, 2.05) is 7.05 Å². The molecule has 4 N–H and O–H groups in total. The minimum atomic E-state index is -0.695. The highest BCUT2D eigenvalue weighted by Gasteiger charge is 2.19. The SMILES string of the molecule is CN1CCC(OC(=O)N=C(N)N)CC1. The number of amides is 1. The third kappa shape index (κ3) is 3.61. The van der Waals surface area contributed by atoms with E-state index < -0.39 is 6.09 Å². The van der Waals surface area contributed by atoms with Crippen LogP contribution in [0.1, 0.15) is 12.8 Å². The van der Waals surface area contributed by atoms with Crippen molar-refractivity contribution in [1.29, 1.82) is 0 Å². The molecule has 0 radical (unpaired) electrons. The summed E-state index contributed by atoms with van der Waals surface area (Å²) in [6.45, 7) is 1.86. The van der Waals surface area contributed by atoms with Gasteiger partial charge in [0.15, 0.2) is 5.96 Å². The number of ether oxygens (including phenoxy) is 1. The summed E-state index contributed by atoms with van der Waals surface area (Å²) < 4.78 is 5.04. The van der Waals surface area contributed by atoms with E-state index in [1.54, 1.807) is 0 Å². The summed E-state index contributed by atoms with van der Waals surface area (Å²) in [6.07, 6.45) is 0.922. The molecule has 0 saturated carbocycles. The Bertz CT molecular complexity index is 229. The molecule has 0 aromatic rings. The van der Waals surface area contributed by atoms with Gasteiger partial charge in [-0.1, -0.05) is 0 Å². The average Bonchev–Trinajstić information content (AvgIpc) is 2.07. The van der Waals surface area contributed by atoms with Crippen LogP contribution in [0.15, 0.2) is 4.99 Å². The van der Waals surface area contributed by atoms with E-state index in [-0.39, 0.29) is 12.1 Å². The fourth-order valence-electron chi connectivity index (χ4n) is 1.38. The normalized spacial score (nSPS) is 18.9. The predicted octanol–water partition coefficient (Wildman–Crippen LogP) is -0.509. The van der Waals surface area contributed by atoms with Gasteiger partial charge in [0.1, 0.15) is 6.10 Å². The van der Waals surface area contributed by atoms with Crippen LogP contribution in [0.25, 0.3) is 0 Å². The van der Waals surface area contributed by atoms with Crippen molar-refractivity contribution in [1.82, 2.24) is 4.90 Å². The Morgan fingerprint density at radius 2 is 2.00 bits per heavy atom. The number of nitrogens with zero attached hydrogens (tertiary/aromatic N) is 2. The molecule has 0 aromatic heterocycles. The summed E-state index contributed by atoms with van der Waals surface area (Å²) >= 11 is 0. The second-order valence-corrected chi connectivity index (χ2v) is 3.42. The van der Waals surface area contributed by atoms with Gasteiger partial charge < -0.3 is 21.1 Å². The molecular formula is C8H16N4O2. The van der Waals surface area contributed by atoms with E-state index in [0.717, 1.165) is 25.9 Å². The summed E-state index contributed by atoms with van der Waals surface area (Å²) in [5, 5.41) is 0. The predicted molar refractivity (Wildman–Crippen MR) is 52.8 cm³/mol. The summed E-state index contributed by atoms with van der Waals surface area (Å²) in [4.78, 5) is 16.5. The van der Waals surface area contributed by atoms with Gasteiger partial charge >= 0.3 is 6.09 Å². The van der Waals surface area contributed by atoms with E-state index >= 15 is 0 Å². The summed E-state index contributed by atoms with van der Waals surface area (Å²) in [7, 11) is 2.04. The number of hydrogen-bond donors (Lipinski definition) is 2. The molecule has 0 bridgehead atoms. The number of carbonyl (C=O) groups excluding carboxylic acids is 1. The number of piperidine rings is 1. The van der Waals surface area contributed by atoms with Crippen molar-refractivity contribution < 1.29 is 9.53 Å². The Balaban J connectivity index is 2.31. The van der Waals surface area contributed by atoms with Crippen LogP contribution in [-0.4, -0.2) is 43.2 Å². The molecular weight excluding hydrogens is 184 g/mol. The highest BCUT2D eigenvalue weighted by Crippen LogP contribution is 2.12. The molecule has 0 aliphatic carbocycles. The molecule has 1 rings (SSSR count). The molecule has 0 spiro atoms. The van der Waals surface area contributed by atoms with Gasteiger partial charge in [0.25, 0.3) is 0 Å². The fourth-order valence-corrected chi connectivity index (χ4v) is 1.38. The average molecular weight is 200 g/mol. The van der Waals surface area contributed by atoms with Crippen LogP contribution in [0.3, 0.4) is 0 Å². The van der Waals surface area contributed by atoms with Crippen LogP contribution in [-0.2, 0) is 4.74 Å². The van der Waals surface area contributed by atoms with Gasteiger partial charge in [-0.3, -0.25) is 0 Å². The first-order valence-corrected chi connectivity index (χ1v) is 4.56. The van der Waals surface area contributed by atoms with Gasteiger partial charge in [0.05, 0.1) is 0 Å². The first kappa shape index (κ1) is 10.8. The van der Waals surface area contributed by atoms with Crippen molar-refractivity contribution in [2.45, 2.75) is 18.9 Å². The Hall–Kier alpha value is -1.30. The zero-order chi connectivity index (χ0) is 10.6. The standard InChI is InChI=1S/C8H16N4O2/c1-12-4-2-6(3-5-12)14-8(13)11-7(9)10/h6H,2-5H2,1H3,(H4,9,10,11,13). The van der Waals surface area contributed by atoms with Gasteiger partial charge in [0, 0.05) is 13.1 Å². The van der Waals surface area contributed by atoms with Crippen molar-refractivity contribution in [3.63, 3.8) is 0 Å². The van der Waals surface area contributed by atoms with Gasteiger partial charge in [-0.05, 0) is 19.9 Å². The highest BCUT2D eigenvalue weighted by molar-refractivity contribution is 5.87. The smallest absolute Gasteiger partial charge is 0.437 e. The van der Waals surface area contributed by atoms with Crippen LogP contribution in [0.5, 0.6) is 0 Å². The first-order chi connectivity index (χ1) is 6.58. The lowest BCUT2D eigenvalue weighted by Gasteiger charge is -2.27. The van der Waals surface area contributed by atoms with Crippen LogP contribution in [0, 0.1) is 0 Å². The van der Waals surface area contributed by atoms with E-state index in [4.69, 9.17) is 16.2 Å². The number of aliphatic imine (C=N–C) groups is 1. The molecule has 1 saturated heterocycles. The Morgan fingerprint density at radius 3 is 2.50 bits per heavy atom. The Kier molecular flexibility index (Phi) is 3.70. The van der Waals surface area contributed by atoms with Crippen LogP contribution >= 0.6 is 0 Å². The van der Waals surface area contributed by atoms with Crippen molar-refractivity contribution in [3.8, 4) is 0 Å². The minimum Gasteiger partial charge on any atom is -0.444 e. The maximum atomic E-state index is 11.0. The van der Waals surface area contributed by atoms with Crippen molar-refractivity contribution in [2.24, 2.45) is 16.5 Å². The van der Waals surface area contributed by atoms with Gasteiger partial charge in [-0.2, -0.15) is 0 Å². The van der Waals surface area contributed by atoms with Crippen LogP contribution < -0.4 is 11.5 Å². The summed E-state index contributed by atoms with van der Waals surface area (Å²) in [6, 6.07) is 0. The number of carbonyl (C=O) groups is 1. The van der Waals surface area contributed by atoms with Crippen molar-refractivity contribution in [3.05, 3.63) is 0 Å². The molecule has 6 nitrogen and oxygen atoms in total. The van der Waals surface area contributed by atoms with E-state index in [9.17, 15) is 4.79 Å². The van der Waals surface area contributed by atoms with Gasteiger partial charge in [-0.25, -0.2) is 4.79 Å². The molecule has 1 heterocycles. The van der Waals surface area contributed by atoms with E-state index in [0.29, 0.717) is 0 Å². The molecule has 1 fully saturated rings. The minimum absolute atomic E-state index is 0.0539. The lowest BCUT2D eigenvalue weighted by molar-refractivity contribution is 0.0636. The lowest BCUT2D eigenvalue weighted by atomic mass is 10.1. The van der Waals surface area contributed by atoms with Gasteiger partial charge in [-0.15, -0.1) is 4.99 Å². The van der Waals surface area contributed by atoms with Crippen LogP contribution in [0.4, 0.5) is 4.79 Å². The van der Waals surface area contributed by atoms with Crippen LogP contribution in [0.2, 0.25) is 0 Å². The van der Waals surface area contributed by atoms with Gasteiger partial charge in [0.2, 0.25) is 0 Å². The second-order valence-electron chi connectivity index (χ2n) is 3.42. The van der Waals surface area contributed by atoms with E-state index in [2.05, 4.69) is 9.89 Å². The van der Waals surface area contributed by atoms with Crippen molar-refractivity contribution >= 4 is 12.1 Å². The third-order valence-electron chi connectivity index (χ3n) is 2.15. The second kappa shape index (κ2) is 4.80. The molecule has 0 unspecified atom stereocenters. The molecule has 6 heteroatoms. The zero-order valence-corrected chi connectivity index (χ0v) is 8.27. The molecule has 14 heavy (non-hydrogen) atoms. The number of hydrogen-bond acceptors (Lipinski definition) is 3. The zero-order valence-electron chi connectivity index (χ0n) is 8.27. The highest BCUT2D eigenvalue weighted by atomic mass is 16.6. The maximum Gasteiger partial charge on any atom is 0.437 e. The quantitative estimate of drug-likeness (QED) is 0.439. The summed E-state index contributed by atoms with van der Waals surface area (Å²) in [5.74, 6) is -0.261. The topological polar surface area (TPSA) is 93.9 Å². The number of likely N-dealkylation sites (tertiary alicyclic amines) is 1. The monoisotopic (exact) mass is 200 g/mol. The third-order valence-corrected chi connectivity index (χ3v) is 2.15. The number of nitrogens with two attached hydrogens (primary N) is 2. The molecule has 0 aromatic carbocycles. The first-order valence-electron chi connectivity index (χ1n) is 4.56. The molecule has 1 aliphatic heterocycles. The maximum absolute atomic E-state index is 11.0. The molecule has 0 atom stereocenters. The molecule has 80 valence electrons. The molecule has 1 amide bonds. The summed E-state index contributed by atoms with van der Waals surface area (Å²) in [5.41, 5.74) is 10.1. The Morgan fingerprint density at radius 1 is 1.43 bits per heavy atom.